The zero-order chi connectivity index (χ0) is 16.3. The van der Waals surface area contributed by atoms with E-state index in [1.165, 1.54) is 4.90 Å². The second kappa shape index (κ2) is 7.14. The third-order valence-electron chi connectivity index (χ3n) is 3.55. The van der Waals surface area contributed by atoms with E-state index in [0.29, 0.717) is 22.3 Å². The van der Waals surface area contributed by atoms with E-state index in [1.54, 1.807) is 30.0 Å². The van der Waals surface area contributed by atoms with E-state index in [4.69, 9.17) is 33.7 Å². The standard InChI is InChI=1S/C17H19Cl2NOS/c1-17(2,10-20)13-9-12(22-3)5-7-16(13)21-11-4-6-14(18)15(19)8-11/h4-9H,10,20H2,1-3H3. The number of hydrogen-bond donors (Lipinski definition) is 1. The molecule has 0 saturated carbocycles. The molecule has 0 radical (unpaired) electrons. The van der Waals surface area contributed by atoms with E-state index >= 15 is 0 Å². The molecule has 0 saturated heterocycles. The first-order chi connectivity index (χ1) is 10.4. The fraction of sp³-hybridized carbons (Fsp3) is 0.294. The van der Waals surface area contributed by atoms with Gasteiger partial charge in [0.05, 0.1) is 10.0 Å². The van der Waals surface area contributed by atoms with E-state index in [2.05, 4.69) is 19.9 Å². The fourth-order valence-electron chi connectivity index (χ4n) is 2.03. The van der Waals surface area contributed by atoms with Gasteiger partial charge in [-0.15, -0.1) is 11.8 Å². The van der Waals surface area contributed by atoms with Crippen molar-refractivity contribution in [1.29, 1.82) is 0 Å². The molecule has 0 bridgehead atoms. The summed E-state index contributed by atoms with van der Waals surface area (Å²) in [6.45, 7) is 4.74. The van der Waals surface area contributed by atoms with Crippen LogP contribution in [-0.2, 0) is 5.41 Å². The Morgan fingerprint density at radius 2 is 1.82 bits per heavy atom. The van der Waals surface area contributed by atoms with E-state index in [-0.39, 0.29) is 5.41 Å². The van der Waals surface area contributed by atoms with Gasteiger partial charge in [0.25, 0.3) is 0 Å². The van der Waals surface area contributed by atoms with Crippen LogP contribution in [0.4, 0.5) is 0 Å². The van der Waals surface area contributed by atoms with Crippen molar-refractivity contribution in [1.82, 2.24) is 0 Å². The number of thioether (sulfide) groups is 1. The Kier molecular flexibility index (Phi) is 5.67. The first kappa shape index (κ1) is 17.5. The molecular weight excluding hydrogens is 337 g/mol. The molecule has 0 aliphatic rings. The third-order valence-corrected chi connectivity index (χ3v) is 5.01. The monoisotopic (exact) mass is 355 g/mol. The zero-order valence-corrected chi connectivity index (χ0v) is 15.1. The maximum absolute atomic E-state index is 6.05. The van der Waals surface area contributed by atoms with Gasteiger partial charge in [0.15, 0.2) is 0 Å². The van der Waals surface area contributed by atoms with Crippen LogP contribution in [0.3, 0.4) is 0 Å². The number of ether oxygens (including phenoxy) is 1. The van der Waals surface area contributed by atoms with Gasteiger partial charge in [-0.2, -0.15) is 0 Å². The zero-order valence-electron chi connectivity index (χ0n) is 12.8. The van der Waals surface area contributed by atoms with Gasteiger partial charge >= 0.3 is 0 Å². The van der Waals surface area contributed by atoms with Gasteiger partial charge in [-0.1, -0.05) is 37.0 Å². The van der Waals surface area contributed by atoms with Gasteiger partial charge in [-0.25, -0.2) is 0 Å². The van der Waals surface area contributed by atoms with Gasteiger partial charge < -0.3 is 10.5 Å². The second-order valence-electron chi connectivity index (χ2n) is 5.63. The molecule has 0 amide bonds. The van der Waals surface area contributed by atoms with Gasteiger partial charge in [0.1, 0.15) is 11.5 Å². The van der Waals surface area contributed by atoms with Crippen LogP contribution in [0.25, 0.3) is 0 Å². The van der Waals surface area contributed by atoms with E-state index in [0.717, 1.165) is 11.3 Å². The minimum atomic E-state index is -0.183. The van der Waals surface area contributed by atoms with Crippen LogP contribution in [-0.4, -0.2) is 12.8 Å². The molecule has 2 N–H and O–H groups in total. The Labute approximate surface area is 145 Å². The summed E-state index contributed by atoms with van der Waals surface area (Å²) in [6.07, 6.45) is 2.05. The topological polar surface area (TPSA) is 35.2 Å². The summed E-state index contributed by atoms with van der Waals surface area (Å²) in [5, 5.41) is 0.980. The van der Waals surface area contributed by atoms with Crippen molar-refractivity contribution in [3.63, 3.8) is 0 Å². The van der Waals surface area contributed by atoms with Crippen LogP contribution in [0.1, 0.15) is 19.4 Å². The van der Waals surface area contributed by atoms with Crippen molar-refractivity contribution in [2.45, 2.75) is 24.2 Å². The molecule has 2 nitrogen and oxygen atoms in total. The minimum absolute atomic E-state index is 0.183. The Balaban J connectivity index is 2.43. The van der Waals surface area contributed by atoms with E-state index < -0.39 is 0 Å². The number of benzene rings is 2. The fourth-order valence-corrected chi connectivity index (χ4v) is 2.76. The average Bonchev–Trinajstić information content (AvgIpc) is 2.51. The summed E-state index contributed by atoms with van der Waals surface area (Å²) < 4.78 is 6.03. The first-order valence-electron chi connectivity index (χ1n) is 6.89. The van der Waals surface area contributed by atoms with Gasteiger partial charge in [0, 0.05) is 28.5 Å². The average molecular weight is 356 g/mol. The van der Waals surface area contributed by atoms with E-state index in [1.807, 2.05) is 18.4 Å². The molecule has 0 aliphatic carbocycles. The summed E-state index contributed by atoms with van der Waals surface area (Å²) in [4.78, 5) is 1.18. The Morgan fingerprint density at radius 3 is 2.41 bits per heavy atom. The second-order valence-corrected chi connectivity index (χ2v) is 7.32. The van der Waals surface area contributed by atoms with Gasteiger partial charge in [-0.3, -0.25) is 0 Å². The lowest BCUT2D eigenvalue weighted by molar-refractivity contribution is 0.445. The van der Waals surface area contributed by atoms with E-state index in [9.17, 15) is 0 Å². The molecule has 5 heteroatoms. The van der Waals surface area contributed by atoms with Crippen molar-refractivity contribution in [3.05, 3.63) is 52.0 Å². The molecule has 0 aromatic heterocycles. The molecule has 22 heavy (non-hydrogen) atoms. The highest BCUT2D eigenvalue weighted by atomic mass is 35.5. The molecule has 0 heterocycles. The SMILES string of the molecule is CSc1ccc(Oc2ccc(Cl)c(Cl)c2)c(C(C)(C)CN)c1. The highest BCUT2D eigenvalue weighted by molar-refractivity contribution is 7.98. The molecule has 0 atom stereocenters. The van der Waals surface area contributed by atoms with Gasteiger partial charge in [-0.05, 0) is 36.6 Å². The molecule has 2 rings (SSSR count). The highest BCUT2D eigenvalue weighted by Crippen LogP contribution is 2.37. The summed E-state index contributed by atoms with van der Waals surface area (Å²) in [5.41, 5.74) is 6.83. The number of rotatable bonds is 5. The van der Waals surface area contributed by atoms with Crippen LogP contribution in [0, 0.1) is 0 Å². The van der Waals surface area contributed by atoms with Crippen LogP contribution < -0.4 is 10.5 Å². The van der Waals surface area contributed by atoms with Crippen molar-refractivity contribution < 1.29 is 4.74 Å². The first-order valence-corrected chi connectivity index (χ1v) is 8.87. The molecule has 118 valence electrons. The molecular formula is C17H19Cl2NOS. The Hall–Kier alpha value is -0.870. The van der Waals surface area contributed by atoms with Crippen LogP contribution in [0.15, 0.2) is 41.3 Å². The predicted molar refractivity (Wildman–Crippen MR) is 96.8 cm³/mol. The van der Waals surface area contributed by atoms with Gasteiger partial charge in [0.2, 0.25) is 0 Å². The molecule has 0 fully saturated rings. The number of halogens is 2. The Morgan fingerprint density at radius 1 is 1.09 bits per heavy atom. The largest absolute Gasteiger partial charge is 0.457 e. The lowest BCUT2D eigenvalue weighted by atomic mass is 9.84. The van der Waals surface area contributed by atoms with Crippen LogP contribution >= 0.6 is 35.0 Å². The van der Waals surface area contributed by atoms with Crippen molar-refractivity contribution in [2.24, 2.45) is 5.73 Å². The molecule has 2 aromatic carbocycles. The molecule has 0 unspecified atom stereocenters. The summed E-state index contributed by atoms with van der Waals surface area (Å²) in [7, 11) is 0. The lowest BCUT2D eigenvalue weighted by Gasteiger charge is -2.26. The summed E-state index contributed by atoms with van der Waals surface area (Å²) in [6, 6.07) is 11.4. The summed E-state index contributed by atoms with van der Waals surface area (Å²) >= 11 is 13.7. The predicted octanol–water partition coefficient (Wildman–Crippen LogP) is 5.74. The number of hydrogen-bond acceptors (Lipinski definition) is 3. The minimum Gasteiger partial charge on any atom is -0.457 e. The number of nitrogens with two attached hydrogens (primary N) is 1. The maximum Gasteiger partial charge on any atom is 0.131 e. The maximum atomic E-state index is 6.05. The molecule has 2 aromatic rings. The summed E-state index contributed by atoms with van der Waals surface area (Å²) in [5.74, 6) is 1.44. The quantitative estimate of drug-likeness (QED) is 0.694. The van der Waals surface area contributed by atoms with Crippen molar-refractivity contribution in [3.8, 4) is 11.5 Å². The molecule has 0 aliphatic heterocycles. The lowest BCUT2D eigenvalue weighted by Crippen LogP contribution is -2.28. The smallest absolute Gasteiger partial charge is 0.131 e. The highest BCUT2D eigenvalue weighted by Gasteiger charge is 2.24. The normalized spacial score (nSPS) is 11.5. The molecule has 0 spiro atoms. The van der Waals surface area contributed by atoms with Crippen LogP contribution in [0.2, 0.25) is 10.0 Å². The van der Waals surface area contributed by atoms with Crippen LogP contribution in [0.5, 0.6) is 11.5 Å². The third kappa shape index (κ3) is 3.90. The van der Waals surface area contributed by atoms with Crippen molar-refractivity contribution >= 4 is 35.0 Å². The van der Waals surface area contributed by atoms with Crippen molar-refractivity contribution in [2.75, 3.05) is 12.8 Å². The Bertz CT molecular complexity index is 674.